The smallest absolute Gasteiger partial charge is 0.325 e. The number of hydrogen-bond acceptors (Lipinski definition) is 4. The number of rotatable bonds is 10. The highest BCUT2D eigenvalue weighted by molar-refractivity contribution is 14.1. The Morgan fingerprint density at radius 2 is 1.50 bits per heavy atom. The molecule has 0 radical (unpaired) electrons. The number of halogens is 2. The second kappa shape index (κ2) is 11.6. The maximum Gasteiger partial charge on any atom is 0.325 e. The Hall–Kier alpha value is -1.03. The molecule has 4 nitrogen and oxygen atoms in total. The van der Waals surface area contributed by atoms with Crippen LogP contribution in [0.1, 0.15) is 5.56 Å². The molecule has 0 amide bonds. The first kappa shape index (κ1) is 21.3. The highest BCUT2D eigenvalue weighted by Crippen LogP contribution is 2.20. The van der Waals surface area contributed by atoms with Gasteiger partial charge in [0.2, 0.25) is 0 Å². The molecule has 2 rings (SSSR count). The average Bonchev–Trinajstić information content (AvgIpc) is 2.67. The molecule has 0 unspecified atom stereocenters. The van der Waals surface area contributed by atoms with Gasteiger partial charge >= 0.3 is 5.97 Å². The van der Waals surface area contributed by atoms with Crippen molar-refractivity contribution in [2.24, 2.45) is 0 Å². The normalized spacial score (nSPS) is 10.4. The molecule has 2 aromatic rings. The van der Waals surface area contributed by atoms with E-state index in [0.29, 0.717) is 6.61 Å². The first-order valence-corrected chi connectivity index (χ1v) is 11.6. The Bertz CT molecular complexity index is 659. The fourth-order valence-electron chi connectivity index (χ4n) is 2.56. The lowest BCUT2D eigenvalue weighted by atomic mass is 10.2. The van der Waals surface area contributed by atoms with Gasteiger partial charge in [0.1, 0.15) is 13.2 Å². The SMILES string of the molecule is CN(CC(=O)OCc1ccccc1)c1ccc(N(CCI)CCI)cc1. The van der Waals surface area contributed by atoms with Crippen LogP contribution < -0.4 is 9.80 Å². The number of carbonyl (C=O) groups excluding carboxylic acids is 1. The summed E-state index contributed by atoms with van der Waals surface area (Å²) in [6.07, 6.45) is 0. The zero-order valence-electron chi connectivity index (χ0n) is 14.9. The fraction of sp³-hybridized carbons (Fsp3) is 0.350. The third kappa shape index (κ3) is 6.94. The predicted octanol–water partition coefficient (Wildman–Crippen LogP) is 4.54. The summed E-state index contributed by atoms with van der Waals surface area (Å²) >= 11 is 4.82. The van der Waals surface area contributed by atoms with Crippen LogP contribution in [0.2, 0.25) is 0 Å². The van der Waals surface area contributed by atoms with E-state index in [4.69, 9.17) is 4.74 Å². The molecular formula is C20H24I2N2O2. The molecule has 6 heteroatoms. The van der Waals surface area contributed by atoms with Crippen LogP contribution in [0, 0.1) is 0 Å². The molecule has 26 heavy (non-hydrogen) atoms. The molecule has 0 saturated heterocycles. The minimum atomic E-state index is -0.225. The van der Waals surface area contributed by atoms with Gasteiger partial charge in [-0.3, -0.25) is 4.79 Å². The van der Waals surface area contributed by atoms with Crippen LogP contribution in [0.4, 0.5) is 11.4 Å². The summed E-state index contributed by atoms with van der Waals surface area (Å²) in [4.78, 5) is 16.4. The highest BCUT2D eigenvalue weighted by atomic mass is 127. The first-order valence-electron chi connectivity index (χ1n) is 8.51. The van der Waals surface area contributed by atoms with E-state index in [1.807, 2.05) is 42.3 Å². The van der Waals surface area contributed by atoms with Crippen molar-refractivity contribution in [2.75, 3.05) is 45.3 Å². The summed E-state index contributed by atoms with van der Waals surface area (Å²) in [6, 6.07) is 18.1. The van der Waals surface area contributed by atoms with Crippen molar-refractivity contribution in [3.05, 3.63) is 60.2 Å². The van der Waals surface area contributed by atoms with E-state index in [9.17, 15) is 4.79 Å². The Balaban J connectivity index is 1.88. The Morgan fingerprint density at radius 1 is 0.923 bits per heavy atom. The quantitative estimate of drug-likeness (QED) is 0.236. The van der Waals surface area contributed by atoms with E-state index >= 15 is 0 Å². The molecule has 140 valence electrons. The number of anilines is 2. The zero-order chi connectivity index (χ0) is 18.8. The van der Waals surface area contributed by atoms with Crippen molar-refractivity contribution < 1.29 is 9.53 Å². The molecule has 2 aromatic carbocycles. The standard InChI is InChI=1S/C20H24I2N2O2/c1-23(15-20(25)26-16-17-5-3-2-4-6-17)18-7-9-19(10-8-18)24(13-11-21)14-12-22/h2-10H,11-16H2,1H3. The number of ether oxygens (including phenoxy) is 1. The van der Waals surface area contributed by atoms with Crippen LogP contribution in [-0.4, -0.2) is 41.5 Å². The van der Waals surface area contributed by atoms with E-state index in [1.54, 1.807) is 0 Å². The molecule has 0 heterocycles. The number of esters is 1. The van der Waals surface area contributed by atoms with Crippen molar-refractivity contribution >= 4 is 62.5 Å². The average molecular weight is 578 g/mol. The van der Waals surface area contributed by atoms with Gasteiger partial charge in [-0.05, 0) is 29.8 Å². The molecule has 0 bridgehead atoms. The van der Waals surface area contributed by atoms with E-state index in [2.05, 4.69) is 74.3 Å². The van der Waals surface area contributed by atoms with Crippen LogP contribution in [-0.2, 0) is 16.1 Å². The monoisotopic (exact) mass is 578 g/mol. The second-order valence-electron chi connectivity index (χ2n) is 5.88. The lowest BCUT2D eigenvalue weighted by molar-refractivity contribution is -0.143. The van der Waals surface area contributed by atoms with Gasteiger partial charge in [0.15, 0.2) is 0 Å². The number of hydrogen-bond donors (Lipinski definition) is 0. The minimum Gasteiger partial charge on any atom is -0.459 e. The first-order chi connectivity index (χ1) is 12.6. The summed E-state index contributed by atoms with van der Waals surface area (Å²) < 4.78 is 7.56. The molecule has 0 aliphatic heterocycles. The molecule has 0 aliphatic carbocycles. The van der Waals surface area contributed by atoms with Crippen molar-refractivity contribution in [3.8, 4) is 0 Å². The van der Waals surface area contributed by atoms with Crippen LogP contribution in [0.25, 0.3) is 0 Å². The maximum absolute atomic E-state index is 12.1. The summed E-state index contributed by atoms with van der Waals surface area (Å²) in [7, 11) is 1.91. The summed E-state index contributed by atoms with van der Waals surface area (Å²) in [6.45, 7) is 2.64. The van der Waals surface area contributed by atoms with Gasteiger partial charge in [-0.1, -0.05) is 75.5 Å². The van der Waals surface area contributed by atoms with Crippen molar-refractivity contribution in [1.29, 1.82) is 0 Å². The second-order valence-corrected chi connectivity index (χ2v) is 8.04. The lowest BCUT2D eigenvalue weighted by Crippen LogP contribution is -2.28. The third-order valence-electron chi connectivity index (χ3n) is 3.97. The molecule has 0 atom stereocenters. The Morgan fingerprint density at radius 3 is 2.08 bits per heavy atom. The van der Waals surface area contributed by atoms with Crippen LogP contribution in [0.15, 0.2) is 54.6 Å². The molecule has 0 fully saturated rings. The molecule has 0 spiro atoms. The van der Waals surface area contributed by atoms with Gasteiger partial charge in [-0.15, -0.1) is 0 Å². The highest BCUT2D eigenvalue weighted by Gasteiger charge is 2.10. The predicted molar refractivity (Wildman–Crippen MR) is 126 cm³/mol. The molecule has 0 aliphatic rings. The maximum atomic E-state index is 12.1. The van der Waals surface area contributed by atoms with Crippen LogP contribution in [0.5, 0.6) is 0 Å². The van der Waals surface area contributed by atoms with Crippen molar-refractivity contribution in [1.82, 2.24) is 0 Å². The molecule has 0 saturated carbocycles. The van der Waals surface area contributed by atoms with Gasteiger partial charge in [0.05, 0.1) is 0 Å². The van der Waals surface area contributed by atoms with Crippen molar-refractivity contribution in [2.45, 2.75) is 6.61 Å². The van der Waals surface area contributed by atoms with Crippen LogP contribution in [0.3, 0.4) is 0 Å². The molecular weight excluding hydrogens is 554 g/mol. The van der Waals surface area contributed by atoms with E-state index in [-0.39, 0.29) is 12.5 Å². The molecule has 0 N–H and O–H groups in total. The summed E-state index contributed by atoms with van der Waals surface area (Å²) in [5.41, 5.74) is 3.23. The van der Waals surface area contributed by atoms with Gasteiger partial charge in [-0.2, -0.15) is 0 Å². The van der Waals surface area contributed by atoms with Gasteiger partial charge < -0.3 is 14.5 Å². The topological polar surface area (TPSA) is 32.8 Å². The van der Waals surface area contributed by atoms with Gasteiger partial charge in [0.25, 0.3) is 0 Å². The Labute approximate surface area is 183 Å². The van der Waals surface area contributed by atoms with E-state index in [0.717, 1.165) is 33.2 Å². The fourth-order valence-corrected chi connectivity index (χ4v) is 3.73. The lowest BCUT2D eigenvalue weighted by Gasteiger charge is -2.24. The van der Waals surface area contributed by atoms with E-state index in [1.165, 1.54) is 5.69 Å². The molecule has 0 aromatic heterocycles. The number of benzene rings is 2. The Kier molecular flexibility index (Phi) is 9.52. The van der Waals surface area contributed by atoms with Gasteiger partial charge in [-0.25, -0.2) is 0 Å². The van der Waals surface area contributed by atoms with Gasteiger partial charge in [0, 0.05) is 40.4 Å². The zero-order valence-corrected chi connectivity index (χ0v) is 19.2. The summed E-state index contributed by atoms with van der Waals surface area (Å²) in [5, 5.41) is 0. The number of carbonyl (C=O) groups is 1. The largest absolute Gasteiger partial charge is 0.459 e. The minimum absolute atomic E-state index is 0.225. The van der Waals surface area contributed by atoms with E-state index < -0.39 is 0 Å². The number of likely N-dealkylation sites (N-methyl/N-ethyl adjacent to an activating group) is 1. The third-order valence-corrected chi connectivity index (χ3v) is 4.94. The number of alkyl halides is 2. The number of nitrogens with zero attached hydrogens (tertiary/aromatic N) is 2. The summed E-state index contributed by atoms with van der Waals surface area (Å²) in [5.74, 6) is -0.225. The van der Waals surface area contributed by atoms with Crippen molar-refractivity contribution in [3.63, 3.8) is 0 Å². The van der Waals surface area contributed by atoms with Crippen LogP contribution >= 0.6 is 45.2 Å².